The van der Waals surface area contributed by atoms with Crippen LogP contribution in [0, 0.1) is 5.92 Å². The normalized spacial score (nSPS) is 20.5. The second-order valence-corrected chi connectivity index (χ2v) is 9.51. The summed E-state index contributed by atoms with van der Waals surface area (Å²) in [7, 11) is 1.39. The lowest BCUT2D eigenvalue weighted by molar-refractivity contribution is -0.146. The summed E-state index contributed by atoms with van der Waals surface area (Å²) >= 11 is 18.8. The molecule has 180 valence electrons. The molecule has 3 unspecified atom stereocenters. The van der Waals surface area contributed by atoms with E-state index in [9.17, 15) is 4.79 Å². The molecule has 0 saturated carbocycles. The van der Waals surface area contributed by atoms with Crippen molar-refractivity contribution >= 4 is 40.8 Å². The van der Waals surface area contributed by atoms with Gasteiger partial charge in [0.25, 0.3) is 6.29 Å². The molecule has 0 fully saturated rings. The molecule has 3 aromatic carbocycles. The summed E-state index contributed by atoms with van der Waals surface area (Å²) in [5, 5.41) is 1.63. The molecule has 0 amide bonds. The predicted molar refractivity (Wildman–Crippen MR) is 134 cm³/mol. The number of hydrogen-bond donors (Lipinski definition) is 0. The topological polar surface area (TPSA) is 54.0 Å². The van der Waals surface area contributed by atoms with Crippen LogP contribution in [0.4, 0.5) is 0 Å². The first-order chi connectivity index (χ1) is 17.0. The van der Waals surface area contributed by atoms with E-state index < -0.39 is 12.2 Å². The lowest BCUT2D eigenvalue weighted by atomic mass is 9.91. The molecule has 0 radical (unpaired) electrons. The first kappa shape index (κ1) is 23.9. The van der Waals surface area contributed by atoms with Crippen LogP contribution in [0.1, 0.15) is 34.5 Å². The second-order valence-electron chi connectivity index (χ2n) is 8.29. The number of esters is 1. The number of benzene rings is 3. The fraction of sp³-hybridized carbons (Fsp3) is 0.222. The summed E-state index contributed by atoms with van der Waals surface area (Å²) < 4.78 is 23.0. The predicted octanol–water partition coefficient (Wildman–Crippen LogP) is 7.24. The number of ether oxygens (including phenoxy) is 4. The van der Waals surface area contributed by atoms with Gasteiger partial charge in [-0.1, -0.05) is 65.1 Å². The zero-order valence-electron chi connectivity index (χ0n) is 18.7. The molecule has 0 saturated heterocycles. The van der Waals surface area contributed by atoms with E-state index in [1.165, 1.54) is 7.11 Å². The Morgan fingerprint density at radius 3 is 2.46 bits per heavy atom. The van der Waals surface area contributed by atoms with Crippen molar-refractivity contribution in [2.75, 3.05) is 7.11 Å². The summed E-state index contributed by atoms with van der Waals surface area (Å²) in [4.78, 5) is 12.7. The molecule has 0 spiro atoms. The molecule has 5 nitrogen and oxygen atoms in total. The van der Waals surface area contributed by atoms with Gasteiger partial charge in [-0.05, 0) is 47.9 Å². The van der Waals surface area contributed by atoms with Gasteiger partial charge in [0.2, 0.25) is 0 Å². The molecule has 2 aliphatic rings. The largest absolute Gasteiger partial charge is 0.489 e. The number of rotatable bonds is 6. The van der Waals surface area contributed by atoms with E-state index in [4.69, 9.17) is 53.8 Å². The third-order valence-electron chi connectivity index (χ3n) is 6.26. The molecule has 1 aliphatic heterocycles. The standard InChI is InChI=1S/C27H21Cl3O5/c1-32-26(31)19-12-15-11-16(33-13-20-22(29)7-4-8-23(20)30)9-10-17(15)25(19)24-14-34-27(35-24)18-5-2-3-6-21(18)28/h2-11,14,19,25,27H,12-13H2,1H3. The summed E-state index contributed by atoms with van der Waals surface area (Å²) in [5.74, 6) is 0.0819. The third kappa shape index (κ3) is 4.68. The summed E-state index contributed by atoms with van der Waals surface area (Å²) in [5.41, 5.74) is 3.36. The van der Waals surface area contributed by atoms with Crippen molar-refractivity contribution in [3.8, 4) is 5.75 Å². The lowest BCUT2D eigenvalue weighted by Crippen LogP contribution is -2.22. The minimum absolute atomic E-state index is 0.225. The third-order valence-corrected chi connectivity index (χ3v) is 7.31. The molecule has 3 aromatic rings. The van der Waals surface area contributed by atoms with Gasteiger partial charge in [0.15, 0.2) is 0 Å². The van der Waals surface area contributed by atoms with Gasteiger partial charge in [0.1, 0.15) is 24.4 Å². The summed E-state index contributed by atoms with van der Waals surface area (Å²) in [6.07, 6.45) is 1.37. The van der Waals surface area contributed by atoms with Crippen molar-refractivity contribution in [1.82, 2.24) is 0 Å². The quantitative estimate of drug-likeness (QED) is 0.314. The van der Waals surface area contributed by atoms with Crippen LogP contribution in [0.5, 0.6) is 5.75 Å². The first-order valence-corrected chi connectivity index (χ1v) is 12.1. The van der Waals surface area contributed by atoms with Crippen LogP contribution >= 0.6 is 34.8 Å². The molecule has 0 aromatic heterocycles. The van der Waals surface area contributed by atoms with Gasteiger partial charge in [0.05, 0.1) is 29.5 Å². The number of carbonyl (C=O) groups excluding carboxylic acids is 1. The molecule has 0 N–H and O–H groups in total. The maximum absolute atomic E-state index is 12.7. The molecule has 8 heteroatoms. The highest BCUT2D eigenvalue weighted by Gasteiger charge is 2.44. The van der Waals surface area contributed by atoms with Crippen LogP contribution in [0.25, 0.3) is 0 Å². The molecule has 3 atom stereocenters. The molecule has 5 rings (SSSR count). The van der Waals surface area contributed by atoms with Crippen molar-refractivity contribution in [3.63, 3.8) is 0 Å². The number of halogens is 3. The van der Waals surface area contributed by atoms with Crippen LogP contribution in [0.2, 0.25) is 15.1 Å². The van der Waals surface area contributed by atoms with Crippen molar-refractivity contribution in [2.45, 2.75) is 25.2 Å². The van der Waals surface area contributed by atoms with E-state index in [0.29, 0.717) is 38.6 Å². The van der Waals surface area contributed by atoms with Crippen molar-refractivity contribution in [3.05, 3.63) is 110 Å². The number of fused-ring (bicyclic) bond motifs is 1. The van der Waals surface area contributed by atoms with E-state index in [1.807, 2.05) is 36.4 Å². The van der Waals surface area contributed by atoms with Gasteiger partial charge in [-0.15, -0.1) is 0 Å². The van der Waals surface area contributed by atoms with E-state index in [2.05, 4.69) is 0 Å². The van der Waals surface area contributed by atoms with Crippen LogP contribution in [-0.2, 0) is 32.0 Å². The molecular formula is C27H21Cl3O5. The Hall–Kier alpha value is -2.86. The van der Waals surface area contributed by atoms with Crippen LogP contribution in [-0.4, -0.2) is 13.1 Å². The van der Waals surface area contributed by atoms with E-state index in [0.717, 1.165) is 16.7 Å². The Kier molecular flexibility index (Phi) is 6.83. The highest BCUT2D eigenvalue weighted by atomic mass is 35.5. The molecule has 1 aliphatic carbocycles. The molecule has 0 bridgehead atoms. The maximum atomic E-state index is 12.7. The molecule has 35 heavy (non-hydrogen) atoms. The van der Waals surface area contributed by atoms with Crippen LogP contribution in [0.15, 0.2) is 72.7 Å². The number of allylic oxidation sites excluding steroid dienone is 1. The van der Waals surface area contributed by atoms with E-state index in [1.54, 1.807) is 30.5 Å². The minimum atomic E-state index is -0.677. The highest BCUT2D eigenvalue weighted by Crippen LogP contribution is 2.48. The smallest absolute Gasteiger partial charge is 0.310 e. The van der Waals surface area contributed by atoms with Gasteiger partial charge in [-0.25, -0.2) is 0 Å². The Morgan fingerprint density at radius 2 is 1.71 bits per heavy atom. The number of carbonyl (C=O) groups is 1. The Labute approximate surface area is 218 Å². The van der Waals surface area contributed by atoms with E-state index >= 15 is 0 Å². The van der Waals surface area contributed by atoms with Crippen molar-refractivity contribution in [2.24, 2.45) is 5.92 Å². The van der Waals surface area contributed by atoms with Crippen LogP contribution < -0.4 is 4.74 Å². The van der Waals surface area contributed by atoms with Gasteiger partial charge in [-0.2, -0.15) is 0 Å². The van der Waals surface area contributed by atoms with Gasteiger partial charge >= 0.3 is 5.97 Å². The Morgan fingerprint density at radius 1 is 0.971 bits per heavy atom. The average molecular weight is 532 g/mol. The lowest BCUT2D eigenvalue weighted by Gasteiger charge is -2.20. The summed E-state index contributed by atoms with van der Waals surface area (Å²) in [6.45, 7) is 0.225. The number of methoxy groups -OCH3 is 1. The maximum Gasteiger partial charge on any atom is 0.310 e. The van der Waals surface area contributed by atoms with Gasteiger partial charge in [-0.3, -0.25) is 4.79 Å². The minimum Gasteiger partial charge on any atom is -0.489 e. The van der Waals surface area contributed by atoms with Crippen molar-refractivity contribution in [1.29, 1.82) is 0 Å². The zero-order valence-corrected chi connectivity index (χ0v) is 20.9. The molecular weight excluding hydrogens is 511 g/mol. The van der Waals surface area contributed by atoms with Crippen molar-refractivity contribution < 1.29 is 23.7 Å². The fourth-order valence-electron chi connectivity index (χ4n) is 4.53. The SMILES string of the molecule is COC(=O)C1Cc2cc(OCc3c(Cl)cccc3Cl)ccc2C1C1=COC(c2ccccc2Cl)O1. The Balaban J connectivity index is 1.38. The Bertz CT molecular complexity index is 1290. The highest BCUT2D eigenvalue weighted by molar-refractivity contribution is 6.36. The first-order valence-electron chi connectivity index (χ1n) is 11.0. The van der Waals surface area contributed by atoms with E-state index in [-0.39, 0.29) is 18.5 Å². The summed E-state index contributed by atoms with van der Waals surface area (Å²) in [6, 6.07) is 18.4. The number of hydrogen-bond acceptors (Lipinski definition) is 5. The second kappa shape index (κ2) is 10.0. The van der Waals surface area contributed by atoms with Crippen LogP contribution in [0.3, 0.4) is 0 Å². The molecule has 1 heterocycles. The fourth-order valence-corrected chi connectivity index (χ4v) is 5.26. The average Bonchev–Trinajstić information content (AvgIpc) is 3.48. The zero-order chi connectivity index (χ0) is 24.5. The monoisotopic (exact) mass is 530 g/mol. The van der Waals surface area contributed by atoms with Gasteiger partial charge in [0, 0.05) is 15.6 Å². The van der Waals surface area contributed by atoms with Gasteiger partial charge < -0.3 is 18.9 Å².